The lowest BCUT2D eigenvalue weighted by Gasteiger charge is -2.07. The highest BCUT2D eigenvalue weighted by Crippen LogP contribution is 2.28. The summed E-state index contributed by atoms with van der Waals surface area (Å²) in [5, 5.41) is 5.89. The molecule has 1 aromatic rings. The van der Waals surface area contributed by atoms with Gasteiger partial charge in [0.2, 0.25) is 5.91 Å². The zero-order chi connectivity index (χ0) is 13.8. The van der Waals surface area contributed by atoms with Gasteiger partial charge in [-0.2, -0.15) is 0 Å². The topological polar surface area (TPSA) is 84.2 Å². The molecule has 0 bridgehead atoms. The van der Waals surface area contributed by atoms with Gasteiger partial charge in [0.15, 0.2) is 0 Å². The van der Waals surface area contributed by atoms with E-state index in [1.165, 1.54) is 0 Å². The Balaban J connectivity index is 1.75. The first kappa shape index (κ1) is 13.7. The van der Waals surface area contributed by atoms with Crippen molar-refractivity contribution >= 4 is 29.1 Å². The van der Waals surface area contributed by atoms with Gasteiger partial charge in [0, 0.05) is 35.3 Å². The molecule has 1 aromatic carbocycles. The number of hydrogen-bond donors (Lipinski definition) is 3. The fourth-order valence-electron chi connectivity index (χ4n) is 1.70. The molecule has 2 amide bonds. The molecule has 6 heteroatoms. The fourth-order valence-corrected chi connectivity index (χ4v) is 1.94. The molecule has 0 radical (unpaired) electrons. The molecule has 102 valence electrons. The third-order valence-corrected chi connectivity index (χ3v) is 3.06. The molecule has 0 heterocycles. The SMILES string of the molecule is Nc1cc(Cl)cc(C(=O)NCCNC(=O)C2CC2)c1. The molecule has 0 spiro atoms. The van der Waals surface area contributed by atoms with Gasteiger partial charge in [0.05, 0.1) is 0 Å². The molecule has 1 saturated carbocycles. The van der Waals surface area contributed by atoms with Gasteiger partial charge in [-0.3, -0.25) is 9.59 Å². The Bertz CT molecular complexity index is 480. The summed E-state index contributed by atoms with van der Waals surface area (Å²) in [6.07, 6.45) is 1.94. The Morgan fingerprint density at radius 3 is 2.53 bits per heavy atom. The number of nitrogens with one attached hydrogen (secondary N) is 2. The quantitative estimate of drug-likeness (QED) is 0.560. The monoisotopic (exact) mass is 281 g/mol. The van der Waals surface area contributed by atoms with E-state index in [4.69, 9.17) is 17.3 Å². The van der Waals surface area contributed by atoms with E-state index in [1.807, 2.05) is 0 Å². The number of carbonyl (C=O) groups excluding carboxylic acids is 2. The Hall–Kier alpha value is -1.75. The Morgan fingerprint density at radius 1 is 1.21 bits per heavy atom. The molecule has 4 N–H and O–H groups in total. The molecular formula is C13H16ClN3O2. The number of benzene rings is 1. The van der Waals surface area contributed by atoms with Gasteiger partial charge in [-0.05, 0) is 31.0 Å². The molecule has 0 unspecified atom stereocenters. The van der Waals surface area contributed by atoms with E-state index in [9.17, 15) is 9.59 Å². The predicted molar refractivity (Wildman–Crippen MR) is 73.9 cm³/mol. The summed E-state index contributed by atoms with van der Waals surface area (Å²) >= 11 is 5.82. The van der Waals surface area contributed by atoms with Crippen LogP contribution in [0.3, 0.4) is 0 Å². The van der Waals surface area contributed by atoms with Gasteiger partial charge in [-0.1, -0.05) is 11.6 Å². The van der Waals surface area contributed by atoms with Crippen molar-refractivity contribution in [1.82, 2.24) is 10.6 Å². The summed E-state index contributed by atoms with van der Waals surface area (Å²) in [4.78, 5) is 23.2. The zero-order valence-electron chi connectivity index (χ0n) is 10.4. The van der Waals surface area contributed by atoms with Gasteiger partial charge < -0.3 is 16.4 Å². The van der Waals surface area contributed by atoms with Crippen molar-refractivity contribution in [1.29, 1.82) is 0 Å². The molecule has 0 atom stereocenters. The lowest BCUT2D eigenvalue weighted by atomic mass is 10.2. The van der Waals surface area contributed by atoms with Crippen LogP contribution in [0.4, 0.5) is 5.69 Å². The van der Waals surface area contributed by atoms with Gasteiger partial charge in [-0.15, -0.1) is 0 Å². The zero-order valence-corrected chi connectivity index (χ0v) is 11.2. The number of nitrogen functional groups attached to an aromatic ring is 1. The Morgan fingerprint density at radius 2 is 1.89 bits per heavy atom. The van der Waals surface area contributed by atoms with Crippen LogP contribution in [0, 0.1) is 5.92 Å². The summed E-state index contributed by atoms with van der Waals surface area (Å²) in [7, 11) is 0. The van der Waals surface area contributed by atoms with E-state index in [2.05, 4.69) is 10.6 Å². The second-order valence-corrected chi connectivity index (χ2v) is 5.03. The molecule has 0 saturated heterocycles. The van der Waals surface area contributed by atoms with Gasteiger partial charge in [0.25, 0.3) is 5.91 Å². The lowest BCUT2D eigenvalue weighted by Crippen LogP contribution is -2.35. The van der Waals surface area contributed by atoms with Crippen LogP contribution < -0.4 is 16.4 Å². The third-order valence-electron chi connectivity index (χ3n) is 2.84. The molecule has 1 fully saturated rings. The number of hydrogen-bond acceptors (Lipinski definition) is 3. The van der Waals surface area contributed by atoms with Crippen molar-refractivity contribution in [2.24, 2.45) is 5.92 Å². The second kappa shape index (κ2) is 5.93. The molecule has 1 aliphatic rings. The first-order valence-electron chi connectivity index (χ1n) is 6.18. The van der Waals surface area contributed by atoms with Gasteiger partial charge in [0.1, 0.15) is 0 Å². The fraction of sp³-hybridized carbons (Fsp3) is 0.385. The standard InChI is InChI=1S/C13H16ClN3O2/c14-10-5-9(6-11(15)7-10)13(19)17-4-3-16-12(18)8-1-2-8/h5-8H,1-4,15H2,(H,16,18)(H,17,19). The van der Waals surface area contributed by atoms with E-state index >= 15 is 0 Å². The average molecular weight is 282 g/mol. The molecular weight excluding hydrogens is 266 g/mol. The van der Waals surface area contributed by atoms with Crippen LogP contribution in [-0.2, 0) is 4.79 Å². The molecule has 19 heavy (non-hydrogen) atoms. The lowest BCUT2D eigenvalue weighted by molar-refractivity contribution is -0.122. The predicted octanol–water partition coefficient (Wildman–Crippen LogP) is 1.18. The maximum Gasteiger partial charge on any atom is 0.251 e. The van der Waals surface area contributed by atoms with E-state index in [-0.39, 0.29) is 17.7 Å². The first-order chi connectivity index (χ1) is 9.06. The minimum absolute atomic E-state index is 0.0706. The largest absolute Gasteiger partial charge is 0.399 e. The number of halogens is 1. The van der Waals surface area contributed by atoms with Crippen molar-refractivity contribution < 1.29 is 9.59 Å². The van der Waals surface area contributed by atoms with Crippen molar-refractivity contribution in [3.05, 3.63) is 28.8 Å². The van der Waals surface area contributed by atoms with E-state index in [0.717, 1.165) is 12.8 Å². The third kappa shape index (κ3) is 4.13. The molecule has 0 aromatic heterocycles. The van der Waals surface area contributed by atoms with Crippen molar-refractivity contribution in [3.8, 4) is 0 Å². The van der Waals surface area contributed by atoms with Crippen LogP contribution in [0.2, 0.25) is 5.02 Å². The molecule has 1 aliphatic carbocycles. The highest BCUT2D eigenvalue weighted by atomic mass is 35.5. The summed E-state index contributed by atoms with van der Waals surface area (Å²) in [6, 6.07) is 4.69. The molecule has 2 rings (SSSR count). The highest BCUT2D eigenvalue weighted by Gasteiger charge is 2.28. The normalized spacial score (nSPS) is 13.9. The minimum Gasteiger partial charge on any atom is -0.399 e. The Labute approximate surface area is 116 Å². The highest BCUT2D eigenvalue weighted by molar-refractivity contribution is 6.31. The van der Waals surface area contributed by atoms with Crippen LogP contribution in [-0.4, -0.2) is 24.9 Å². The van der Waals surface area contributed by atoms with Crippen LogP contribution >= 0.6 is 11.6 Å². The van der Waals surface area contributed by atoms with Gasteiger partial charge >= 0.3 is 0 Å². The van der Waals surface area contributed by atoms with Crippen molar-refractivity contribution in [3.63, 3.8) is 0 Å². The first-order valence-corrected chi connectivity index (χ1v) is 6.56. The molecule has 0 aliphatic heterocycles. The number of nitrogens with two attached hydrogens (primary N) is 1. The second-order valence-electron chi connectivity index (χ2n) is 4.59. The van der Waals surface area contributed by atoms with E-state index in [0.29, 0.717) is 29.4 Å². The van der Waals surface area contributed by atoms with Gasteiger partial charge in [-0.25, -0.2) is 0 Å². The van der Waals surface area contributed by atoms with Crippen LogP contribution in [0.1, 0.15) is 23.2 Å². The number of amides is 2. The van der Waals surface area contributed by atoms with E-state index in [1.54, 1.807) is 18.2 Å². The summed E-state index contributed by atoms with van der Waals surface area (Å²) in [6.45, 7) is 0.806. The maximum absolute atomic E-state index is 11.8. The van der Waals surface area contributed by atoms with E-state index < -0.39 is 0 Å². The summed E-state index contributed by atoms with van der Waals surface area (Å²) < 4.78 is 0. The number of carbonyl (C=O) groups is 2. The maximum atomic E-state index is 11.8. The number of anilines is 1. The number of rotatable bonds is 5. The minimum atomic E-state index is -0.255. The summed E-state index contributed by atoms with van der Waals surface area (Å²) in [5.41, 5.74) is 6.47. The van der Waals surface area contributed by atoms with Crippen LogP contribution in [0.5, 0.6) is 0 Å². The average Bonchev–Trinajstić information content (AvgIpc) is 3.17. The summed E-state index contributed by atoms with van der Waals surface area (Å²) in [5.74, 6) is -0.000417. The smallest absolute Gasteiger partial charge is 0.251 e. The molecule has 5 nitrogen and oxygen atoms in total. The van der Waals surface area contributed by atoms with Crippen LogP contribution in [0.25, 0.3) is 0 Å². The Kier molecular flexibility index (Phi) is 4.27. The van der Waals surface area contributed by atoms with Crippen molar-refractivity contribution in [2.75, 3.05) is 18.8 Å². The van der Waals surface area contributed by atoms with Crippen molar-refractivity contribution in [2.45, 2.75) is 12.8 Å². The van der Waals surface area contributed by atoms with Crippen LogP contribution in [0.15, 0.2) is 18.2 Å².